The van der Waals surface area contributed by atoms with Crippen molar-refractivity contribution in [3.63, 3.8) is 0 Å². The van der Waals surface area contributed by atoms with Crippen LogP contribution in [0.3, 0.4) is 0 Å². The average molecular weight is 363 g/mol. The van der Waals surface area contributed by atoms with Gasteiger partial charge in [-0.05, 0) is 31.2 Å². The number of nitrogens with one attached hydrogen (secondary N) is 2. The molecule has 0 aliphatic rings. The SMILES string of the molecule is COc1ccc(NC(=O)C(C)Sc2nc3cc(F)c(F)cc3[nH]2)cc1. The van der Waals surface area contributed by atoms with Crippen molar-refractivity contribution in [2.45, 2.75) is 17.3 Å². The fourth-order valence-electron chi connectivity index (χ4n) is 2.18. The van der Waals surface area contributed by atoms with Crippen LogP contribution >= 0.6 is 11.8 Å². The first-order chi connectivity index (χ1) is 12.0. The Hall–Kier alpha value is -2.61. The number of aromatic amines is 1. The molecular weight excluding hydrogens is 348 g/mol. The summed E-state index contributed by atoms with van der Waals surface area (Å²) >= 11 is 1.17. The molecule has 0 saturated heterocycles. The average Bonchev–Trinajstić information content (AvgIpc) is 2.96. The van der Waals surface area contributed by atoms with E-state index in [1.54, 1.807) is 38.3 Å². The van der Waals surface area contributed by atoms with Crippen LogP contribution in [-0.2, 0) is 4.79 Å². The third-order valence-corrected chi connectivity index (χ3v) is 4.50. The molecule has 0 radical (unpaired) electrons. The maximum Gasteiger partial charge on any atom is 0.237 e. The van der Waals surface area contributed by atoms with Crippen LogP contribution in [0, 0.1) is 11.6 Å². The molecule has 1 unspecified atom stereocenters. The minimum Gasteiger partial charge on any atom is -0.497 e. The zero-order valence-corrected chi connectivity index (χ0v) is 14.3. The molecule has 2 N–H and O–H groups in total. The van der Waals surface area contributed by atoms with Crippen LogP contribution in [0.2, 0.25) is 0 Å². The van der Waals surface area contributed by atoms with Gasteiger partial charge in [-0.25, -0.2) is 13.8 Å². The van der Waals surface area contributed by atoms with E-state index in [4.69, 9.17) is 4.74 Å². The van der Waals surface area contributed by atoms with Gasteiger partial charge < -0.3 is 15.0 Å². The van der Waals surface area contributed by atoms with E-state index in [0.717, 1.165) is 12.1 Å². The summed E-state index contributed by atoms with van der Waals surface area (Å²) in [6.45, 7) is 1.72. The van der Waals surface area contributed by atoms with E-state index in [2.05, 4.69) is 15.3 Å². The van der Waals surface area contributed by atoms with Crippen LogP contribution in [0.5, 0.6) is 5.75 Å². The number of thioether (sulfide) groups is 1. The van der Waals surface area contributed by atoms with E-state index in [0.29, 0.717) is 27.6 Å². The normalized spacial score (nSPS) is 12.2. The van der Waals surface area contributed by atoms with Gasteiger partial charge in [0.25, 0.3) is 0 Å². The van der Waals surface area contributed by atoms with Crippen LogP contribution in [0.4, 0.5) is 14.5 Å². The Kier molecular flexibility index (Phi) is 4.89. The first-order valence-electron chi connectivity index (χ1n) is 7.42. The molecule has 0 saturated carbocycles. The van der Waals surface area contributed by atoms with Crippen LogP contribution < -0.4 is 10.1 Å². The van der Waals surface area contributed by atoms with Crippen LogP contribution in [-0.4, -0.2) is 28.2 Å². The largest absolute Gasteiger partial charge is 0.497 e. The van der Waals surface area contributed by atoms with E-state index in [-0.39, 0.29) is 5.91 Å². The highest BCUT2D eigenvalue weighted by Crippen LogP contribution is 2.26. The van der Waals surface area contributed by atoms with Crippen molar-refractivity contribution in [3.05, 3.63) is 48.0 Å². The van der Waals surface area contributed by atoms with E-state index in [9.17, 15) is 13.6 Å². The molecule has 3 aromatic rings. The van der Waals surface area contributed by atoms with Crippen molar-refractivity contribution in [3.8, 4) is 5.75 Å². The number of ether oxygens (including phenoxy) is 1. The Bertz CT molecular complexity index is 873. The molecule has 8 heteroatoms. The highest BCUT2D eigenvalue weighted by atomic mass is 32.2. The summed E-state index contributed by atoms with van der Waals surface area (Å²) in [4.78, 5) is 19.3. The number of nitrogens with zero attached hydrogens (tertiary/aromatic N) is 1. The second kappa shape index (κ2) is 7.10. The van der Waals surface area contributed by atoms with Crippen molar-refractivity contribution >= 4 is 34.4 Å². The molecule has 1 aromatic heterocycles. The van der Waals surface area contributed by atoms with Gasteiger partial charge in [-0.15, -0.1) is 0 Å². The monoisotopic (exact) mass is 363 g/mol. The van der Waals surface area contributed by atoms with Crippen molar-refractivity contribution < 1.29 is 18.3 Å². The minimum atomic E-state index is -0.958. The fourth-order valence-corrected chi connectivity index (χ4v) is 3.00. The quantitative estimate of drug-likeness (QED) is 0.673. The van der Waals surface area contributed by atoms with Gasteiger partial charge in [-0.1, -0.05) is 11.8 Å². The summed E-state index contributed by atoms with van der Waals surface area (Å²) in [5.74, 6) is -1.42. The molecule has 1 atom stereocenters. The van der Waals surface area contributed by atoms with Gasteiger partial charge in [-0.3, -0.25) is 4.79 Å². The summed E-state index contributed by atoms with van der Waals surface area (Å²) in [6, 6.07) is 9.03. The summed E-state index contributed by atoms with van der Waals surface area (Å²) in [5, 5.41) is 2.74. The number of aromatic nitrogens is 2. The van der Waals surface area contributed by atoms with Gasteiger partial charge >= 0.3 is 0 Å². The smallest absolute Gasteiger partial charge is 0.237 e. The van der Waals surface area contributed by atoms with Crippen molar-refractivity contribution in [2.75, 3.05) is 12.4 Å². The summed E-state index contributed by atoms with van der Waals surface area (Å²) in [5.41, 5.74) is 1.33. The third-order valence-electron chi connectivity index (χ3n) is 3.52. The molecule has 1 amide bonds. The lowest BCUT2D eigenvalue weighted by atomic mass is 10.3. The van der Waals surface area contributed by atoms with E-state index in [1.807, 2.05) is 0 Å². The molecular formula is C17H15F2N3O2S. The lowest BCUT2D eigenvalue weighted by molar-refractivity contribution is -0.115. The molecule has 0 aliphatic heterocycles. The number of carbonyl (C=O) groups is 1. The number of methoxy groups -OCH3 is 1. The van der Waals surface area contributed by atoms with Gasteiger partial charge in [0, 0.05) is 17.8 Å². The fraction of sp³-hybridized carbons (Fsp3) is 0.176. The van der Waals surface area contributed by atoms with Gasteiger partial charge in [0.05, 0.1) is 23.4 Å². The number of halogens is 2. The number of anilines is 1. The molecule has 130 valence electrons. The number of imidazole rings is 1. The van der Waals surface area contributed by atoms with E-state index < -0.39 is 16.9 Å². The molecule has 3 rings (SSSR count). The highest BCUT2D eigenvalue weighted by molar-refractivity contribution is 8.00. The number of hydrogen-bond acceptors (Lipinski definition) is 4. The third kappa shape index (κ3) is 3.90. The van der Waals surface area contributed by atoms with Crippen molar-refractivity contribution in [2.24, 2.45) is 0 Å². The predicted octanol–water partition coefficient (Wildman–Crippen LogP) is 3.97. The van der Waals surface area contributed by atoms with Crippen molar-refractivity contribution in [1.29, 1.82) is 0 Å². The van der Waals surface area contributed by atoms with Crippen LogP contribution in [0.15, 0.2) is 41.6 Å². The Morgan fingerprint density at radius 3 is 2.60 bits per heavy atom. The number of amides is 1. The molecule has 25 heavy (non-hydrogen) atoms. The molecule has 0 fully saturated rings. The maximum absolute atomic E-state index is 13.2. The Balaban J connectivity index is 1.68. The van der Waals surface area contributed by atoms with Gasteiger partial charge in [0.1, 0.15) is 5.75 Å². The van der Waals surface area contributed by atoms with E-state index in [1.165, 1.54) is 11.8 Å². The zero-order valence-electron chi connectivity index (χ0n) is 13.5. The highest BCUT2D eigenvalue weighted by Gasteiger charge is 2.17. The molecule has 1 heterocycles. The zero-order chi connectivity index (χ0) is 18.0. The summed E-state index contributed by atoms with van der Waals surface area (Å²) in [6.07, 6.45) is 0. The van der Waals surface area contributed by atoms with Crippen LogP contribution in [0.25, 0.3) is 11.0 Å². The van der Waals surface area contributed by atoms with Gasteiger partial charge in [-0.2, -0.15) is 0 Å². The number of H-pyrrole nitrogens is 1. The Morgan fingerprint density at radius 1 is 1.24 bits per heavy atom. The number of carbonyl (C=O) groups excluding carboxylic acids is 1. The summed E-state index contributed by atoms with van der Waals surface area (Å²) in [7, 11) is 1.57. The van der Waals surface area contributed by atoms with E-state index >= 15 is 0 Å². The lowest BCUT2D eigenvalue weighted by Crippen LogP contribution is -2.22. The second-order valence-electron chi connectivity index (χ2n) is 5.30. The lowest BCUT2D eigenvalue weighted by Gasteiger charge is -2.10. The topological polar surface area (TPSA) is 67.0 Å². The number of benzene rings is 2. The first kappa shape index (κ1) is 17.2. The maximum atomic E-state index is 13.2. The molecule has 2 aromatic carbocycles. The van der Waals surface area contributed by atoms with Crippen LogP contribution in [0.1, 0.15) is 6.92 Å². The number of hydrogen-bond donors (Lipinski definition) is 2. The Morgan fingerprint density at radius 2 is 1.92 bits per heavy atom. The Labute approximate surface area is 146 Å². The van der Waals surface area contributed by atoms with Gasteiger partial charge in [0.2, 0.25) is 5.91 Å². The second-order valence-corrected chi connectivity index (χ2v) is 6.63. The molecule has 5 nitrogen and oxygen atoms in total. The molecule has 0 spiro atoms. The number of rotatable bonds is 5. The van der Waals surface area contributed by atoms with Crippen molar-refractivity contribution in [1.82, 2.24) is 9.97 Å². The summed E-state index contributed by atoms with van der Waals surface area (Å²) < 4.78 is 31.5. The van der Waals surface area contributed by atoms with Gasteiger partial charge in [0.15, 0.2) is 16.8 Å². The first-order valence-corrected chi connectivity index (χ1v) is 8.30. The molecule has 0 bridgehead atoms. The molecule has 0 aliphatic carbocycles. The standard InChI is InChI=1S/C17H15F2N3O2S/c1-9(16(23)20-10-3-5-11(24-2)6-4-10)25-17-21-14-7-12(18)13(19)8-15(14)22-17/h3-9H,1-2H3,(H,20,23)(H,21,22). The predicted molar refractivity (Wildman–Crippen MR) is 93.0 cm³/mol. The minimum absolute atomic E-state index is 0.215. The number of fused-ring (bicyclic) bond motifs is 1.